The number of nitrogens with one attached hydrogen (secondary N) is 2. The van der Waals surface area contributed by atoms with Crippen molar-refractivity contribution in [2.24, 2.45) is 0 Å². The van der Waals surface area contributed by atoms with Crippen molar-refractivity contribution in [1.29, 1.82) is 0 Å². The molecule has 0 saturated carbocycles. The van der Waals surface area contributed by atoms with Gasteiger partial charge in [-0.1, -0.05) is 18.2 Å². The van der Waals surface area contributed by atoms with Crippen molar-refractivity contribution >= 4 is 29.5 Å². The van der Waals surface area contributed by atoms with E-state index < -0.39 is 59.9 Å². The molecule has 1 heterocycles. The molecule has 1 aliphatic rings. The van der Waals surface area contributed by atoms with Gasteiger partial charge in [-0.25, -0.2) is 18.0 Å². The lowest BCUT2D eigenvalue weighted by molar-refractivity contribution is -0.138. The topological polar surface area (TPSA) is 128 Å². The maximum Gasteiger partial charge on any atom is 0.324 e. The lowest BCUT2D eigenvalue weighted by Crippen LogP contribution is -2.55. The maximum atomic E-state index is 14.2. The van der Waals surface area contributed by atoms with Crippen molar-refractivity contribution in [1.82, 2.24) is 15.1 Å². The molecular formula is C28H25F3N4O6. The van der Waals surface area contributed by atoms with E-state index in [0.29, 0.717) is 11.8 Å². The minimum absolute atomic E-state index is 0.104. The molecule has 0 spiro atoms. The second kappa shape index (κ2) is 12.4. The number of anilines is 1. The van der Waals surface area contributed by atoms with Crippen LogP contribution >= 0.6 is 0 Å². The second-order valence-electron chi connectivity index (χ2n) is 9.06. The fourth-order valence-electron chi connectivity index (χ4n) is 4.40. The monoisotopic (exact) mass is 570 g/mol. The van der Waals surface area contributed by atoms with Gasteiger partial charge in [-0.15, -0.1) is 0 Å². The average molecular weight is 571 g/mol. The highest BCUT2D eigenvalue weighted by Gasteiger charge is 2.44. The minimum Gasteiger partial charge on any atom is -0.497 e. The molecule has 0 aromatic heterocycles. The molecule has 3 aromatic rings. The van der Waals surface area contributed by atoms with Crippen LogP contribution in [-0.4, -0.2) is 65.1 Å². The van der Waals surface area contributed by atoms with E-state index in [1.807, 2.05) is 0 Å². The number of amides is 4. The fraction of sp³-hybridized carbons (Fsp3) is 0.214. The molecule has 0 aliphatic carbocycles. The van der Waals surface area contributed by atoms with Gasteiger partial charge in [0.05, 0.1) is 25.3 Å². The van der Waals surface area contributed by atoms with Crippen molar-refractivity contribution in [3.63, 3.8) is 0 Å². The van der Waals surface area contributed by atoms with E-state index >= 15 is 0 Å². The number of benzene rings is 3. The molecule has 214 valence electrons. The van der Waals surface area contributed by atoms with Gasteiger partial charge in [0.15, 0.2) is 6.17 Å². The number of aliphatic carboxylic acids is 1. The first kappa shape index (κ1) is 28.9. The Kier molecular flexibility index (Phi) is 8.75. The number of hydrogen-bond acceptors (Lipinski definition) is 5. The maximum absolute atomic E-state index is 14.2. The number of methoxy groups -OCH3 is 1. The largest absolute Gasteiger partial charge is 0.497 e. The molecule has 10 nitrogen and oxygen atoms in total. The predicted molar refractivity (Wildman–Crippen MR) is 139 cm³/mol. The lowest BCUT2D eigenvalue weighted by Gasteiger charge is -2.31. The van der Waals surface area contributed by atoms with Crippen LogP contribution in [-0.2, 0) is 9.59 Å². The number of ether oxygens (including phenoxy) is 1. The van der Waals surface area contributed by atoms with Gasteiger partial charge in [0.2, 0.25) is 0 Å². The van der Waals surface area contributed by atoms with Crippen LogP contribution < -0.4 is 15.4 Å². The summed E-state index contributed by atoms with van der Waals surface area (Å²) in [6, 6.07) is 11.3. The van der Waals surface area contributed by atoms with Gasteiger partial charge >= 0.3 is 12.0 Å². The SMILES string of the molecule is COc1cccc(C(=O)N2CCN(C(=O)Nc3ccc(F)cc3F)C2C(=O)NC(CC(=O)O)c2ccc(F)cc2)c1. The van der Waals surface area contributed by atoms with Gasteiger partial charge in [-0.05, 0) is 48.0 Å². The Balaban J connectivity index is 1.66. The summed E-state index contributed by atoms with van der Waals surface area (Å²) in [7, 11) is 1.41. The summed E-state index contributed by atoms with van der Waals surface area (Å²) in [5.74, 6) is -4.93. The van der Waals surface area contributed by atoms with Crippen molar-refractivity contribution < 1.29 is 42.2 Å². The van der Waals surface area contributed by atoms with Gasteiger partial charge in [0.1, 0.15) is 23.2 Å². The molecule has 1 saturated heterocycles. The molecule has 3 N–H and O–H groups in total. The van der Waals surface area contributed by atoms with Gasteiger partial charge in [0.25, 0.3) is 11.8 Å². The second-order valence-corrected chi connectivity index (χ2v) is 9.06. The van der Waals surface area contributed by atoms with Crippen LogP contribution in [0.5, 0.6) is 5.75 Å². The number of hydrogen-bond donors (Lipinski definition) is 3. The molecule has 3 aromatic carbocycles. The number of nitrogens with zero attached hydrogens (tertiary/aromatic N) is 2. The first-order chi connectivity index (χ1) is 19.6. The molecule has 2 unspecified atom stereocenters. The van der Waals surface area contributed by atoms with Crippen LogP contribution in [0.3, 0.4) is 0 Å². The third-order valence-electron chi connectivity index (χ3n) is 6.39. The summed E-state index contributed by atoms with van der Waals surface area (Å²) in [5, 5.41) is 14.3. The number of rotatable bonds is 8. The highest BCUT2D eigenvalue weighted by atomic mass is 19.1. The van der Waals surface area contributed by atoms with Crippen molar-refractivity contribution in [2.75, 3.05) is 25.5 Å². The van der Waals surface area contributed by atoms with E-state index in [1.165, 1.54) is 31.4 Å². The van der Waals surface area contributed by atoms with Crippen molar-refractivity contribution in [3.8, 4) is 5.75 Å². The normalized spacial score (nSPS) is 15.3. The zero-order valence-electron chi connectivity index (χ0n) is 21.6. The highest BCUT2D eigenvalue weighted by Crippen LogP contribution is 2.25. The molecule has 13 heteroatoms. The standard InChI is InChI=1S/C28H25F3N4O6/c1-41-20-4-2-3-17(13-20)27(39)34-11-12-35(28(40)33-22-10-9-19(30)14-21(22)31)26(34)25(38)32-23(15-24(36)37)16-5-7-18(29)8-6-16/h2-10,13-14,23,26H,11-12,15H2,1H3,(H,32,38)(H,33,40)(H,36,37). The minimum atomic E-state index is -1.59. The molecule has 0 bridgehead atoms. The van der Waals surface area contributed by atoms with Crippen LogP contribution in [0.4, 0.5) is 23.7 Å². The molecule has 1 aliphatic heterocycles. The summed E-state index contributed by atoms with van der Waals surface area (Å²) in [6.07, 6.45) is -2.17. The molecular weight excluding hydrogens is 545 g/mol. The first-order valence-corrected chi connectivity index (χ1v) is 12.3. The number of halogens is 3. The third kappa shape index (κ3) is 6.75. The van der Waals surface area contributed by atoms with Crippen LogP contribution in [0, 0.1) is 17.5 Å². The average Bonchev–Trinajstić information content (AvgIpc) is 3.39. The van der Waals surface area contributed by atoms with E-state index in [2.05, 4.69) is 10.6 Å². The zero-order valence-corrected chi connectivity index (χ0v) is 21.6. The lowest BCUT2D eigenvalue weighted by atomic mass is 10.0. The number of carboxylic acid groups (broad SMARTS) is 1. The predicted octanol–water partition coefficient (Wildman–Crippen LogP) is 3.76. The first-order valence-electron chi connectivity index (χ1n) is 12.3. The zero-order chi connectivity index (χ0) is 29.7. The Morgan fingerprint density at radius 2 is 1.63 bits per heavy atom. The van der Waals surface area contributed by atoms with Gasteiger partial charge in [0, 0.05) is 24.7 Å². The summed E-state index contributed by atoms with van der Waals surface area (Å²) >= 11 is 0. The fourth-order valence-corrected chi connectivity index (χ4v) is 4.40. The molecule has 4 rings (SSSR count). The molecule has 1 fully saturated rings. The van der Waals surface area contributed by atoms with Gasteiger partial charge < -0.3 is 25.4 Å². The van der Waals surface area contributed by atoms with E-state index in [1.54, 1.807) is 12.1 Å². The van der Waals surface area contributed by atoms with Crippen LogP contribution in [0.2, 0.25) is 0 Å². The van der Waals surface area contributed by atoms with E-state index in [0.717, 1.165) is 34.1 Å². The Hall–Kier alpha value is -5.07. The van der Waals surface area contributed by atoms with Crippen LogP contribution in [0.1, 0.15) is 28.4 Å². The number of carbonyl (C=O) groups is 4. The Bertz CT molecular complexity index is 1470. The quantitative estimate of drug-likeness (QED) is 0.379. The van der Waals surface area contributed by atoms with E-state index in [4.69, 9.17) is 4.74 Å². The number of carbonyl (C=O) groups excluding carboxylic acids is 3. The van der Waals surface area contributed by atoms with Crippen LogP contribution in [0.25, 0.3) is 0 Å². The van der Waals surface area contributed by atoms with Gasteiger partial charge in [-0.2, -0.15) is 0 Å². The molecule has 2 atom stereocenters. The number of urea groups is 1. The molecule has 4 amide bonds. The highest BCUT2D eigenvalue weighted by molar-refractivity contribution is 6.01. The Labute approximate surface area is 232 Å². The molecule has 41 heavy (non-hydrogen) atoms. The summed E-state index contributed by atoms with van der Waals surface area (Å²) < 4.78 is 46.3. The smallest absolute Gasteiger partial charge is 0.324 e. The summed E-state index contributed by atoms with van der Waals surface area (Å²) in [4.78, 5) is 54.1. The molecule has 0 radical (unpaired) electrons. The summed E-state index contributed by atoms with van der Waals surface area (Å²) in [5.41, 5.74) is 0.0630. The van der Waals surface area contributed by atoms with E-state index in [-0.39, 0.29) is 29.9 Å². The Morgan fingerprint density at radius 3 is 2.29 bits per heavy atom. The van der Waals surface area contributed by atoms with E-state index in [9.17, 15) is 37.5 Å². The summed E-state index contributed by atoms with van der Waals surface area (Å²) in [6.45, 7) is -0.254. The van der Waals surface area contributed by atoms with Crippen LogP contribution in [0.15, 0.2) is 66.7 Å². The van der Waals surface area contributed by atoms with Crippen molar-refractivity contribution in [3.05, 3.63) is 95.3 Å². The van der Waals surface area contributed by atoms with Crippen molar-refractivity contribution in [2.45, 2.75) is 18.6 Å². The Morgan fingerprint density at radius 1 is 0.951 bits per heavy atom. The number of carboxylic acids is 1. The third-order valence-corrected chi connectivity index (χ3v) is 6.39. The van der Waals surface area contributed by atoms with Gasteiger partial charge in [-0.3, -0.25) is 19.3 Å².